The zero-order valence-corrected chi connectivity index (χ0v) is 16.7. The Morgan fingerprint density at radius 1 is 1.07 bits per heavy atom. The highest BCUT2D eigenvalue weighted by Crippen LogP contribution is 2.21. The molecule has 0 radical (unpaired) electrons. The monoisotopic (exact) mass is 392 g/mol. The van der Waals surface area contributed by atoms with Gasteiger partial charge in [0, 0.05) is 32.2 Å². The molecule has 0 N–H and O–H groups in total. The molecular formula is C20H25FN2O3S. The van der Waals surface area contributed by atoms with E-state index in [1.54, 1.807) is 4.90 Å². The summed E-state index contributed by atoms with van der Waals surface area (Å²) in [5.74, 6) is -0.530. The number of sulfonamides is 1. The summed E-state index contributed by atoms with van der Waals surface area (Å²) in [7, 11) is -2.24. The highest BCUT2D eigenvalue weighted by Gasteiger charge is 2.21. The van der Waals surface area contributed by atoms with E-state index in [2.05, 4.69) is 0 Å². The number of rotatable bonds is 8. The number of carbonyl (C=O) groups is 1. The van der Waals surface area contributed by atoms with Gasteiger partial charge in [0.25, 0.3) is 0 Å². The normalized spacial score (nSPS) is 11.6. The van der Waals surface area contributed by atoms with Gasteiger partial charge in [-0.3, -0.25) is 4.79 Å². The minimum absolute atomic E-state index is 0.0350. The van der Waals surface area contributed by atoms with Crippen molar-refractivity contribution in [2.45, 2.75) is 31.6 Å². The van der Waals surface area contributed by atoms with Crippen LogP contribution in [0.5, 0.6) is 0 Å². The molecule has 0 saturated carbocycles. The van der Waals surface area contributed by atoms with Gasteiger partial charge in [-0.25, -0.2) is 17.1 Å². The van der Waals surface area contributed by atoms with E-state index in [1.165, 1.54) is 23.5 Å². The SMILES string of the molecule is CCN(C(=O)CCCN(C)S(=O)(=O)c1ccc(F)cc1)c1ccccc1C. The zero-order valence-electron chi connectivity index (χ0n) is 15.9. The molecule has 2 aromatic carbocycles. The molecule has 0 saturated heterocycles. The fourth-order valence-electron chi connectivity index (χ4n) is 2.84. The molecule has 0 aliphatic carbocycles. The van der Waals surface area contributed by atoms with Crippen LogP contribution >= 0.6 is 0 Å². The lowest BCUT2D eigenvalue weighted by Gasteiger charge is -2.23. The van der Waals surface area contributed by atoms with Crippen molar-refractivity contribution in [3.63, 3.8) is 0 Å². The van der Waals surface area contributed by atoms with Crippen LogP contribution in [0.3, 0.4) is 0 Å². The molecular weight excluding hydrogens is 367 g/mol. The number of hydrogen-bond acceptors (Lipinski definition) is 3. The summed E-state index contributed by atoms with van der Waals surface area (Å²) in [6, 6.07) is 12.4. The molecule has 2 aromatic rings. The van der Waals surface area contributed by atoms with Crippen LogP contribution < -0.4 is 4.90 Å². The lowest BCUT2D eigenvalue weighted by atomic mass is 10.1. The van der Waals surface area contributed by atoms with Crippen molar-refractivity contribution >= 4 is 21.6 Å². The molecule has 2 rings (SSSR count). The molecule has 0 aromatic heterocycles. The second-order valence-corrected chi connectivity index (χ2v) is 8.35. The number of para-hydroxylation sites is 1. The molecule has 0 aliphatic heterocycles. The van der Waals surface area contributed by atoms with Crippen LogP contribution in [0.1, 0.15) is 25.3 Å². The van der Waals surface area contributed by atoms with Crippen LogP contribution in [-0.4, -0.2) is 38.8 Å². The Labute approximate surface area is 160 Å². The summed E-state index contributed by atoms with van der Waals surface area (Å²) in [6.07, 6.45) is 0.642. The summed E-state index contributed by atoms with van der Waals surface area (Å²) < 4.78 is 39.2. The number of amides is 1. The Bertz CT molecular complexity index is 882. The van der Waals surface area contributed by atoms with Crippen molar-refractivity contribution in [1.29, 1.82) is 0 Å². The minimum atomic E-state index is -3.70. The molecule has 146 valence electrons. The van der Waals surface area contributed by atoms with E-state index in [0.717, 1.165) is 23.4 Å². The summed E-state index contributed by atoms with van der Waals surface area (Å²) in [5.41, 5.74) is 1.89. The average molecular weight is 392 g/mol. The highest BCUT2D eigenvalue weighted by atomic mass is 32.2. The predicted octanol–water partition coefficient (Wildman–Crippen LogP) is 3.59. The van der Waals surface area contributed by atoms with Gasteiger partial charge in [0.05, 0.1) is 4.90 Å². The van der Waals surface area contributed by atoms with Gasteiger partial charge < -0.3 is 4.90 Å². The van der Waals surface area contributed by atoms with Crippen LogP contribution in [0.25, 0.3) is 0 Å². The maximum Gasteiger partial charge on any atom is 0.242 e. The van der Waals surface area contributed by atoms with Crippen molar-refractivity contribution in [3.05, 3.63) is 59.9 Å². The fraction of sp³-hybridized carbons (Fsp3) is 0.350. The molecule has 27 heavy (non-hydrogen) atoms. The first-order valence-electron chi connectivity index (χ1n) is 8.85. The Balaban J connectivity index is 1.97. The molecule has 1 amide bonds. The Morgan fingerprint density at radius 2 is 1.70 bits per heavy atom. The van der Waals surface area contributed by atoms with Crippen molar-refractivity contribution in [2.24, 2.45) is 0 Å². The number of nitrogens with zero attached hydrogens (tertiary/aromatic N) is 2. The van der Waals surface area contributed by atoms with Crippen molar-refractivity contribution in [3.8, 4) is 0 Å². The quantitative estimate of drug-likeness (QED) is 0.690. The van der Waals surface area contributed by atoms with Crippen LogP contribution in [0, 0.1) is 12.7 Å². The van der Waals surface area contributed by atoms with Crippen molar-refractivity contribution in [2.75, 3.05) is 25.0 Å². The highest BCUT2D eigenvalue weighted by molar-refractivity contribution is 7.89. The first kappa shape index (κ1) is 21.1. The lowest BCUT2D eigenvalue weighted by Crippen LogP contribution is -2.33. The first-order chi connectivity index (χ1) is 12.8. The fourth-order valence-corrected chi connectivity index (χ4v) is 4.05. The Morgan fingerprint density at radius 3 is 2.30 bits per heavy atom. The number of aryl methyl sites for hydroxylation is 1. The molecule has 0 heterocycles. The van der Waals surface area contributed by atoms with Crippen LogP contribution in [0.2, 0.25) is 0 Å². The second kappa shape index (κ2) is 9.10. The smallest absolute Gasteiger partial charge is 0.242 e. The van der Waals surface area contributed by atoms with Gasteiger partial charge >= 0.3 is 0 Å². The van der Waals surface area contributed by atoms with E-state index in [4.69, 9.17) is 0 Å². The van der Waals surface area contributed by atoms with Gasteiger partial charge in [0.15, 0.2) is 0 Å². The molecule has 5 nitrogen and oxygen atoms in total. The van der Waals surface area contributed by atoms with Crippen LogP contribution in [0.4, 0.5) is 10.1 Å². The Kier molecular flexibility index (Phi) is 7.10. The summed E-state index contributed by atoms with van der Waals surface area (Å²) in [5, 5.41) is 0. The summed E-state index contributed by atoms with van der Waals surface area (Å²) >= 11 is 0. The molecule has 0 unspecified atom stereocenters. The van der Waals surface area contributed by atoms with E-state index >= 15 is 0 Å². The molecule has 0 aliphatic rings. The van der Waals surface area contributed by atoms with Gasteiger partial charge in [-0.15, -0.1) is 0 Å². The third kappa shape index (κ3) is 5.14. The number of hydrogen-bond donors (Lipinski definition) is 0. The van der Waals surface area contributed by atoms with E-state index in [-0.39, 0.29) is 23.8 Å². The Hall–Kier alpha value is -2.25. The number of benzene rings is 2. The number of halogens is 1. The topological polar surface area (TPSA) is 57.7 Å². The maximum absolute atomic E-state index is 13.0. The summed E-state index contributed by atoms with van der Waals surface area (Å²) in [4.78, 5) is 14.3. The standard InChI is InChI=1S/C20H25FN2O3S/c1-4-23(19-9-6-5-8-16(19)2)20(24)10-7-15-22(3)27(25,26)18-13-11-17(21)12-14-18/h5-6,8-9,11-14H,4,7,10,15H2,1-3H3. The van der Waals surface area contributed by atoms with E-state index in [1.807, 2.05) is 38.1 Å². The number of carbonyl (C=O) groups excluding carboxylic acids is 1. The second-order valence-electron chi connectivity index (χ2n) is 6.31. The van der Waals surface area contributed by atoms with Gasteiger partial charge in [-0.2, -0.15) is 0 Å². The van der Waals surface area contributed by atoms with Crippen LogP contribution in [-0.2, 0) is 14.8 Å². The van der Waals surface area contributed by atoms with Gasteiger partial charge in [-0.1, -0.05) is 18.2 Å². The minimum Gasteiger partial charge on any atom is -0.312 e. The molecule has 0 spiro atoms. The van der Waals surface area contributed by atoms with E-state index < -0.39 is 15.8 Å². The van der Waals surface area contributed by atoms with Gasteiger partial charge in [-0.05, 0) is 56.2 Å². The van der Waals surface area contributed by atoms with Crippen molar-refractivity contribution < 1.29 is 17.6 Å². The van der Waals surface area contributed by atoms with E-state index in [9.17, 15) is 17.6 Å². The van der Waals surface area contributed by atoms with E-state index in [0.29, 0.717) is 13.0 Å². The molecule has 0 fully saturated rings. The first-order valence-corrected chi connectivity index (χ1v) is 10.3. The van der Waals surface area contributed by atoms with Gasteiger partial charge in [0.1, 0.15) is 5.82 Å². The largest absolute Gasteiger partial charge is 0.312 e. The third-order valence-electron chi connectivity index (χ3n) is 4.41. The van der Waals surface area contributed by atoms with Gasteiger partial charge in [0.2, 0.25) is 15.9 Å². The van der Waals surface area contributed by atoms with Crippen molar-refractivity contribution in [1.82, 2.24) is 4.31 Å². The van der Waals surface area contributed by atoms with Crippen LogP contribution in [0.15, 0.2) is 53.4 Å². The summed E-state index contributed by atoms with van der Waals surface area (Å²) in [6.45, 7) is 4.62. The lowest BCUT2D eigenvalue weighted by molar-refractivity contribution is -0.118. The molecule has 0 atom stereocenters. The third-order valence-corrected chi connectivity index (χ3v) is 6.28. The maximum atomic E-state index is 13.0. The predicted molar refractivity (Wildman–Crippen MR) is 105 cm³/mol. The zero-order chi connectivity index (χ0) is 20.0. The number of anilines is 1. The molecule has 7 heteroatoms. The average Bonchev–Trinajstić information content (AvgIpc) is 2.64. The molecule has 0 bridgehead atoms.